The molecule has 0 N–H and O–H groups in total. The van der Waals surface area contributed by atoms with E-state index in [1.165, 1.54) is 0 Å². The number of hydrogen-bond acceptors (Lipinski definition) is 4. The number of carbonyl (C=O) groups excluding carboxylic acids is 2. The van der Waals surface area contributed by atoms with Crippen molar-refractivity contribution in [2.45, 2.75) is 24.3 Å². The van der Waals surface area contributed by atoms with E-state index >= 15 is 0 Å². The predicted molar refractivity (Wildman–Crippen MR) is 79.9 cm³/mol. The smallest absolute Gasteiger partial charge is 0.281 e. The summed E-state index contributed by atoms with van der Waals surface area (Å²) < 4.78 is 5.46. The first-order chi connectivity index (χ1) is 10.2. The fourth-order valence-corrected chi connectivity index (χ4v) is 2.77. The Morgan fingerprint density at radius 1 is 1.29 bits per heavy atom. The fourth-order valence-electron chi connectivity index (χ4n) is 2.51. The first-order valence-electron chi connectivity index (χ1n) is 6.92. The normalized spacial score (nSPS) is 27.9. The standard InChI is InChI=1S/C15H15ClN2O3/c16-12-13(17-9-11-7-4-8-21-11)15(20)18(14(12)19)10-5-2-1-3-6-10/h1-3,5-6,11-12H,4,7-9H2. The summed E-state index contributed by atoms with van der Waals surface area (Å²) in [7, 11) is 0. The van der Waals surface area contributed by atoms with Gasteiger partial charge in [-0.25, -0.2) is 4.90 Å². The number of imide groups is 1. The number of halogens is 1. The van der Waals surface area contributed by atoms with E-state index in [0.717, 1.165) is 24.3 Å². The fraction of sp³-hybridized carbons (Fsp3) is 0.400. The van der Waals surface area contributed by atoms with E-state index in [1.807, 2.05) is 6.07 Å². The molecular formula is C15H15ClN2O3. The molecule has 0 saturated carbocycles. The van der Waals surface area contributed by atoms with Crippen LogP contribution in [0.2, 0.25) is 0 Å². The molecule has 21 heavy (non-hydrogen) atoms. The molecule has 2 aliphatic heterocycles. The van der Waals surface area contributed by atoms with E-state index in [9.17, 15) is 9.59 Å². The molecule has 0 radical (unpaired) electrons. The van der Waals surface area contributed by atoms with Crippen molar-refractivity contribution in [1.29, 1.82) is 0 Å². The number of para-hydroxylation sites is 1. The van der Waals surface area contributed by atoms with E-state index in [-0.39, 0.29) is 11.8 Å². The van der Waals surface area contributed by atoms with Gasteiger partial charge in [-0.3, -0.25) is 14.6 Å². The largest absolute Gasteiger partial charge is 0.376 e. The number of nitrogens with zero attached hydrogens (tertiary/aromatic N) is 2. The number of rotatable bonds is 3. The van der Waals surface area contributed by atoms with Gasteiger partial charge in [0.25, 0.3) is 11.8 Å². The van der Waals surface area contributed by atoms with Crippen LogP contribution < -0.4 is 4.90 Å². The SMILES string of the molecule is O=C1C(=NCC2CCCO2)C(Cl)C(=O)N1c1ccccc1. The second-order valence-electron chi connectivity index (χ2n) is 5.04. The van der Waals surface area contributed by atoms with Crippen molar-refractivity contribution in [1.82, 2.24) is 0 Å². The molecule has 2 heterocycles. The molecule has 3 rings (SSSR count). The molecule has 5 nitrogen and oxygen atoms in total. The minimum absolute atomic E-state index is 0.0232. The van der Waals surface area contributed by atoms with Crippen molar-refractivity contribution >= 4 is 34.8 Å². The third-order valence-electron chi connectivity index (χ3n) is 3.60. The van der Waals surface area contributed by atoms with Gasteiger partial charge in [-0.2, -0.15) is 0 Å². The zero-order valence-corrected chi connectivity index (χ0v) is 12.1. The maximum atomic E-state index is 12.4. The Kier molecular flexibility index (Phi) is 4.03. The molecule has 0 bridgehead atoms. The quantitative estimate of drug-likeness (QED) is 0.632. The Bertz CT molecular complexity index is 582. The average molecular weight is 307 g/mol. The molecular weight excluding hydrogens is 292 g/mol. The van der Waals surface area contributed by atoms with E-state index in [4.69, 9.17) is 16.3 Å². The second kappa shape index (κ2) is 5.95. The van der Waals surface area contributed by atoms with Crippen molar-refractivity contribution < 1.29 is 14.3 Å². The number of amides is 2. The first kappa shape index (κ1) is 14.2. The Labute approximate surface area is 127 Å². The van der Waals surface area contributed by atoms with Crippen molar-refractivity contribution in [3.63, 3.8) is 0 Å². The zero-order valence-electron chi connectivity index (χ0n) is 11.4. The van der Waals surface area contributed by atoms with Crippen LogP contribution in [0.5, 0.6) is 0 Å². The van der Waals surface area contributed by atoms with Crippen molar-refractivity contribution in [2.75, 3.05) is 18.1 Å². The van der Waals surface area contributed by atoms with Gasteiger partial charge < -0.3 is 4.74 Å². The highest BCUT2D eigenvalue weighted by Gasteiger charge is 2.44. The summed E-state index contributed by atoms with van der Waals surface area (Å²) in [6.45, 7) is 1.10. The lowest BCUT2D eigenvalue weighted by Crippen LogP contribution is -2.31. The minimum atomic E-state index is -1.01. The lowest BCUT2D eigenvalue weighted by atomic mass is 10.2. The van der Waals surface area contributed by atoms with Crippen molar-refractivity contribution in [3.8, 4) is 0 Å². The van der Waals surface area contributed by atoms with Crippen LogP contribution in [0.1, 0.15) is 12.8 Å². The molecule has 110 valence electrons. The third-order valence-corrected chi connectivity index (χ3v) is 4.00. The van der Waals surface area contributed by atoms with Crippen LogP contribution >= 0.6 is 11.6 Å². The molecule has 1 aromatic carbocycles. The highest BCUT2D eigenvalue weighted by molar-refractivity contribution is 6.68. The molecule has 2 aliphatic rings. The summed E-state index contributed by atoms with van der Waals surface area (Å²) in [5, 5.41) is -1.01. The lowest BCUT2D eigenvalue weighted by Gasteiger charge is -2.12. The van der Waals surface area contributed by atoms with Gasteiger partial charge in [-0.15, -0.1) is 11.6 Å². The summed E-state index contributed by atoms with van der Waals surface area (Å²) in [6.07, 6.45) is 1.95. The third kappa shape index (κ3) is 2.71. The Morgan fingerprint density at radius 2 is 2.05 bits per heavy atom. The summed E-state index contributed by atoms with van der Waals surface area (Å²) in [5.74, 6) is -0.886. The second-order valence-corrected chi connectivity index (χ2v) is 5.47. The van der Waals surface area contributed by atoms with Gasteiger partial charge in [-0.1, -0.05) is 18.2 Å². The van der Waals surface area contributed by atoms with Gasteiger partial charge in [-0.05, 0) is 25.0 Å². The van der Waals surface area contributed by atoms with Crippen molar-refractivity contribution in [3.05, 3.63) is 30.3 Å². The summed E-state index contributed by atoms with van der Waals surface area (Å²) in [4.78, 5) is 29.9. The molecule has 1 aromatic rings. The first-order valence-corrected chi connectivity index (χ1v) is 7.35. The highest BCUT2D eigenvalue weighted by atomic mass is 35.5. The minimum Gasteiger partial charge on any atom is -0.376 e. The van der Waals surface area contributed by atoms with Crippen LogP contribution in [-0.2, 0) is 14.3 Å². The van der Waals surface area contributed by atoms with E-state index in [0.29, 0.717) is 12.2 Å². The highest BCUT2D eigenvalue weighted by Crippen LogP contribution is 2.24. The number of aliphatic imine (C=N–C) groups is 1. The van der Waals surface area contributed by atoms with E-state index < -0.39 is 17.2 Å². The topological polar surface area (TPSA) is 59.0 Å². The Balaban J connectivity index is 1.81. The molecule has 2 saturated heterocycles. The monoisotopic (exact) mass is 306 g/mol. The van der Waals surface area contributed by atoms with Crippen LogP contribution in [0, 0.1) is 0 Å². The van der Waals surface area contributed by atoms with Gasteiger partial charge in [0.05, 0.1) is 18.3 Å². The number of alkyl halides is 1. The van der Waals surface area contributed by atoms with Gasteiger partial charge >= 0.3 is 0 Å². The van der Waals surface area contributed by atoms with Gasteiger partial charge in [0, 0.05) is 6.61 Å². The number of hydrogen-bond donors (Lipinski definition) is 0. The summed E-state index contributed by atoms with van der Waals surface area (Å²) >= 11 is 6.07. The van der Waals surface area contributed by atoms with E-state index in [1.54, 1.807) is 24.3 Å². The van der Waals surface area contributed by atoms with Crippen LogP contribution in [0.4, 0.5) is 5.69 Å². The maximum absolute atomic E-state index is 12.4. The predicted octanol–water partition coefficient (Wildman–Crippen LogP) is 1.79. The van der Waals surface area contributed by atoms with Gasteiger partial charge in [0.2, 0.25) is 0 Å². The molecule has 2 amide bonds. The Morgan fingerprint density at radius 3 is 2.71 bits per heavy atom. The molecule has 2 unspecified atom stereocenters. The van der Waals surface area contributed by atoms with E-state index in [2.05, 4.69) is 4.99 Å². The number of carbonyl (C=O) groups is 2. The summed E-state index contributed by atoms with van der Waals surface area (Å²) in [6, 6.07) is 8.74. The average Bonchev–Trinajstić information content (AvgIpc) is 3.08. The van der Waals surface area contributed by atoms with Gasteiger partial charge in [0.15, 0.2) is 5.38 Å². The number of ether oxygens (including phenoxy) is 1. The molecule has 2 atom stereocenters. The van der Waals surface area contributed by atoms with Crippen LogP contribution in [0.3, 0.4) is 0 Å². The Hall–Kier alpha value is -1.72. The van der Waals surface area contributed by atoms with Crippen molar-refractivity contribution in [2.24, 2.45) is 4.99 Å². The number of benzene rings is 1. The van der Waals surface area contributed by atoms with Crippen LogP contribution in [0.15, 0.2) is 35.3 Å². The summed E-state index contributed by atoms with van der Waals surface area (Å²) in [5.41, 5.74) is 0.626. The molecule has 0 aromatic heterocycles. The maximum Gasteiger partial charge on any atom is 0.281 e. The van der Waals surface area contributed by atoms with Crippen LogP contribution in [0.25, 0.3) is 0 Å². The molecule has 2 fully saturated rings. The van der Waals surface area contributed by atoms with Crippen LogP contribution in [-0.4, -0.2) is 42.2 Å². The molecule has 0 aliphatic carbocycles. The molecule has 0 spiro atoms. The van der Waals surface area contributed by atoms with Gasteiger partial charge in [0.1, 0.15) is 5.71 Å². The number of anilines is 1. The lowest BCUT2D eigenvalue weighted by molar-refractivity contribution is -0.120. The zero-order chi connectivity index (χ0) is 14.8. The molecule has 6 heteroatoms.